The van der Waals surface area contributed by atoms with E-state index < -0.39 is 0 Å². The molecule has 2 rings (SSSR count). The summed E-state index contributed by atoms with van der Waals surface area (Å²) in [6.07, 6.45) is 5.63. The van der Waals surface area contributed by atoms with Gasteiger partial charge in [-0.05, 0) is 26.0 Å². The Morgan fingerprint density at radius 2 is 2.31 bits per heavy atom. The van der Waals surface area contributed by atoms with Gasteiger partial charge in [-0.3, -0.25) is 0 Å². The predicted molar refractivity (Wildman–Crippen MR) is 53.2 cm³/mol. The summed E-state index contributed by atoms with van der Waals surface area (Å²) in [5.74, 6) is 0. The van der Waals surface area contributed by atoms with Crippen molar-refractivity contribution in [3.63, 3.8) is 0 Å². The van der Waals surface area contributed by atoms with Gasteiger partial charge in [-0.15, -0.1) is 0 Å². The van der Waals surface area contributed by atoms with E-state index in [9.17, 15) is 0 Å². The van der Waals surface area contributed by atoms with Crippen molar-refractivity contribution in [2.75, 3.05) is 0 Å². The third kappa shape index (κ3) is 1.59. The van der Waals surface area contributed by atoms with Gasteiger partial charge < -0.3 is 4.98 Å². The average Bonchev–Trinajstić information content (AvgIpc) is 2.49. The van der Waals surface area contributed by atoms with Crippen LogP contribution in [0.2, 0.25) is 0 Å². The number of aromatic amines is 1. The lowest BCUT2D eigenvalue weighted by molar-refractivity contribution is 1.23. The smallest absolute Gasteiger partial charge is 0.156 e. The van der Waals surface area contributed by atoms with Crippen LogP contribution in [-0.4, -0.2) is 15.0 Å². The van der Waals surface area contributed by atoms with E-state index in [1.807, 2.05) is 32.2 Å². The molecule has 0 unspecified atom stereocenters. The zero-order valence-corrected chi connectivity index (χ0v) is 7.70. The summed E-state index contributed by atoms with van der Waals surface area (Å²) >= 11 is 0. The first-order valence-electron chi connectivity index (χ1n) is 4.21. The molecule has 0 atom stereocenters. The molecule has 2 heterocycles. The van der Waals surface area contributed by atoms with Crippen molar-refractivity contribution in [1.82, 2.24) is 15.0 Å². The zero-order chi connectivity index (χ0) is 9.26. The number of aromatic nitrogens is 3. The van der Waals surface area contributed by atoms with Crippen LogP contribution in [0.3, 0.4) is 0 Å². The van der Waals surface area contributed by atoms with Crippen molar-refractivity contribution in [3.8, 4) is 0 Å². The van der Waals surface area contributed by atoms with Crippen LogP contribution >= 0.6 is 0 Å². The molecule has 3 nitrogen and oxygen atoms in total. The van der Waals surface area contributed by atoms with Crippen molar-refractivity contribution in [2.24, 2.45) is 0 Å². The second kappa shape index (κ2) is 3.01. The zero-order valence-electron chi connectivity index (χ0n) is 7.70. The Morgan fingerprint density at radius 1 is 1.46 bits per heavy atom. The molecule has 0 saturated heterocycles. The highest BCUT2D eigenvalue weighted by molar-refractivity contribution is 5.71. The molecule has 2 aromatic heterocycles. The number of H-pyrrole nitrogens is 1. The van der Waals surface area contributed by atoms with Gasteiger partial charge in [-0.25, -0.2) is 9.97 Å². The second-order valence-corrected chi connectivity index (χ2v) is 3.23. The van der Waals surface area contributed by atoms with Crippen molar-refractivity contribution in [1.29, 1.82) is 0 Å². The fourth-order valence-corrected chi connectivity index (χ4v) is 1.21. The molecule has 0 aliphatic heterocycles. The SMILES string of the molecule is CC(C)=Cc1cnc2[nH]ccc2n1. The van der Waals surface area contributed by atoms with E-state index in [0.29, 0.717) is 0 Å². The highest BCUT2D eigenvalue weighted by Crippen LogP contribution is 2.08. The topological polar surface area (TPSA) is 41.6 Å². The second-order valence-electron chi connectivity index (χ2n) is 3.23. The maximum absolute atomic E-state index is 4.41. The molecule has 0 spiro atoms. The van der Waals surface area contributed by atoms with Crippen LogP contribution in [0.5, 0.6) is 0 Å². The lowest BCUT2D eigenvalue weighted by Gasteiger charge is -1.93. The van der Waals surface area contributed by atoms with Gasteiger partial charge in [0.2, 0.25) is 0 Å². The van der Waals surface area contributed by atoms with Crippen molar-refractivity contribution in [2.45, 2.75) is 13.8 Å². The number of hydrogen-bond donors (Lipinski definition) is 1. The number of allylic oxidation sites excluding steroid dienone is 1. The minimum Gasteiger partial charge on any atom is -0.345 e. The standard InChI is InChI=1S/C10H11N3/c1-7(2)5-8-6-12-10-9(13-8)3-4-11-10/h3-6H,1-2H3,(H,11,12). The van der Waals surface area contributed by atoms with Crippen LogP contribution in [0, 0.1) is 0 Å². The number of fused-ring (bicyclic) bond motifs is 1. The Kier molecular flexibility index (Phi) is 1.85. The van der Waals surface area contributed by atoms with Crippen LogP contribution in [0.15, 0.2) is 24.0 Å². The van der Waals surface area contributed by atoms with E-state index in [-0.39, 0.29) is 0 Å². The third-order valence-electron chi connectivity index (χ3n) is 1.72. The van der Waals surface area contributed by atoms with Crippen molar-refractivity contribution in [3.05, 3.63) is 29.7 Å². The predicted octanol–water partition coefficient (Wildman–Crippen LogP) is 2.38. The van der Waals surface area contributed by atoms with E-state index >= 15 is 0 Å². The van der Waals surface area contributed by atoms with Gasteiger partial charge in [-0.2, -0.15) is 0 Å². The van der Waals surface area contributed by atoms with Gasteiger partial charge in [0.1, 0.15) is 5.52 Å². The summed E-state index contributed by atoms with van der Waals surface area (Å²) in [6, 6.07) is 1.92. The first-order chi connectivity index (χ1) is 6.25. The minimum absolute atomic E-state index is 0.839. The largest absolute Gasteiger partial charge is 0.345 e. The summed E-state index contributed by atoms with van der Waals surface area (Å²) in [6.45, 7) is 4.09. The molecule has 66 valence electrons. The molecule has 0 radical (unpaired) electrons. The lowest BCUT2D eigenvalue weighted by atomic mass is 10.3. The monoisotopic (exact) mass is 173 g/mol. The van der Waals surface area contributed by atoms with Crippen LogP contribution < -0.4 is 0 Å². The van der Waals surface area contributed by atoms with Crippen LogP contribution in [0.4, 0.5) is 0 Å². The van der Waals surface area contributed by atoms with E-state index in [1.54, 1.807) is 6.20 Å². The van der Waals surface area contributed by atoms with E-state index in [4.69, 9.17) is 0 Å². The molecule has 0 aliphatic rings. The molecule has 0 fully saturated rings. The summed E-state index contributed by atoms with van der Waals surface area (Å²) in [4.78, 5) is 11.6. The van der Waals surface area contributed by atoms with E-state index in [2.05, 4.69) is 15.0 Å². The Bertz CT molecular complexity index is 450. The normalized spacial score (nSPS) is 10.3. The summed E-state index contributed by atoms with van der Waals surface area (Å²) in [5, 5.41) is 0. The maximum atomic E-state index is 4.41. The Labute approximate surface area is 76.5 Å². The van der Waals surface area contributed by atoms with E-state index in [1.165, 1.54) is 5.57 Å². The average molecular weight is 173 g/mol. The first-order valence-corrected chi connectivity index (χ1v) is 4.21. The van der Waals surface area contributed by atoms with E-state index in [0.717, 1.165) is 16.9 Å². The molecule has 0 aliphatic carbocycles. The molecule has 1 N–H and O–H groups in total. The summed E-state index contributed by atoms with van der Waals surface area (Å²) in [7, 11) is 0. The number of nitrogens with one attached hydrogen (secondary N) is 1. The van der Waals surface area contributed by atoms with Gasteiger partial charge in [0.25, 0.3) is 0 Å². The maximum Gasteiger partial charge on any atom is 0.156 e. The Hall–Kier alpha value is -1.64. The third-order valence-corrected chi connectivity index (χ3v) is 1.72. The number of hydrogen-bond acceptors (Lipinski definition) is 2. The molecule has 0 aromatic carbocycles. The quantitative estimate of drug-likeness (QED) is 0.719. The number of nitrogens with zero attached hydrogens (tertiary/aromatic N) is 2. The molecule has 0 amide bonds. The number of rotatable bonds is 1. The minimum atomic E-state index is 0.839. The van der Waals surface area contributed by atoms with Crippen molar-refractivity contribution < 1.29 is 0 Å². The molecule has 0 bridgehead atoms. The fourth-order valence-electron chi connectivity index (χ4n) is 1.21. The molecule has 3 heteroatoms. The molecular formula is C10H11N3. The van der Waals surface area contributed by atoms with Gasteiger partial charge in [0.15, 0.2) is 5.65 Å². The molecular weight excluding hydrogens is 162 g/mol. The van der Waals surface area contributed by atoms with Gasteiger partial charge in [-0.1, -0.05) is 5.57 Å². The Morgan fingerprint density at radius 3 is 3.08 bits per heavy atom. The molecule has 0 saturated carbocycles. The molecule has 2 aromatic rings. The van der Waals surface area contributed by atoms with Gasteiger partial charge in [0, 0.05) is 6.20 Å². The highest BCUT2D eigenvalue weighted by Gasteiger charge is 1.97. The first kappa shape index (κ1) is 7.98. The van der Waals surface area contributed by atoms with Crippen molar-refractivity contribution >= 4 is 17.2 Å². The van der Waals surface area contributed by atoms with Gasteiger partial charge in [0.05, 0.1) is 11.9 Å². The summed E-state index contributed by atoms with van der Waals surface area (Å²) in [5.41, 5.74) is 3.89. The summed E-state index contributed by atoms with van der Waals surface area (Å²) < 4.78 is 0. The van der Waals surface area contributed by atoms with Crippen LogP contribution in [0.25, 0.3) is 17.2 Å². The lowest BCUT2D eigenvalue weighted by Crippen LogP contribution is -1.85. The Balaban J connectivity index is 2.54. The van der Waals surface area contributed by atoms with Gasteiger partial charge >= 0.3 is 0 Å². The van der Waals surface area contributed by atoms with Crippen LogP contribution in [0.1, 0.15) is 19.5 Å². The fraction of sp³-hybridized carbons (Fsp3) is 0.200. The molecule has 13 heavy (non-hydrogen) atoms. The highest BCUT2D eigenvalue weighted by atomic mass is 14.9. The van der Waals surface area contributed by atoms with Crippen LogP contribution in [-0.2, 0) is 0 Å².